The van der Waals surface area contributed by atoms with Crippen LogP contribution in [0.2, 0.25) is 5.02 Å². The van der Waals surface area contributed by atoms with E-state index in [1.807, 2.05) is 19.9 Å². The molecule has 0 aliphatic carbocycles. The maximum Gasteiger partial charge on any atom is 0.262 e. The van der Waals surface area contributed by atoms with Gasteiger partial charge in [0.1, 0.15) is 5.75 Å². The van der Waals surface area contributed by atoms with Crippen LogP contribution >= 0.6 is 11.6 Å². The fourth-order valence-electron chi connectivity index (χ4n) is 1.88. The van der Waals surface area contributed by atoms with E-state index in [2.05, 4.69) is 5.32 Å². The number of rotatable bonds is 4. The average Bonchev–Trinajstić information content (AvgIpc) is 2.41. The molecule has 0 unspecified atom stereocenters. The van der Waals surface area contributed by atoms with E-state index in [1.54, 1.807) is 30.3 Å². The number of halogens is 1. The van der Waals surface area contributed by atoms with E-state index >= 15 is 0 Å². The second-order valence-corrected chi connectivity index (χ2v) is 5.25. The highest BCUT2D eigenvalue weighted by Crippen LogP contribution is 2.25. The van der Waals surface area contributed by atoms with Crippen molar-refractivity contribution < 1.29 is 9.53 Å². The van der Waals surface area contributed by atoms with Gasteiger partial charge in [-0.1, -0.05) is 17.7 Å². The standard InChI is InChI=1S/C16H17ClN2O2/c1-10-3-6-15(13(17)7-10)21-9-16(20)19-14-5-4-12(18)8-11(14)2/h3-8H,9,18H2,1-2H3,(H,19,20). The number of benzene rings is 2. The predicted molar refractivity (Wildman–Crippen MR) is 85.9 cm³/mol. The number of amides is 1. The van der Waals surface area contributed by atoms with Gasteiger partial charge in [-0.25, -0.2) is 0 Å². The van der Waals surface area contributed by atoms with E-state index in [1.165, 1.54) is 0 Å². The van der Waals surface area contributed by atoms with Crippen LogP contribution in [-0.4, -0.2) is 12.5 Å². The summed E-state index contributed by atoms with van der Waals surface area (Å²) in [6, 6.07) is 10.7. The van der Waals surface area contributed by atoms with Crippen molar-refractivity contribution >= 4 is 28.9 Å². The Morgan fingerprint density at radius 1 is 1.24 bits per heavy atom. The first-order chi connectivity index (χ1) is 9.95. The molecule has 2 aromatic carbocycles. The highest BCUT2D eigenvalue weighted by molar-refractivity contribution is 6.32. The van der Waals surface area contributed by atoms with Gasteiger partial charge in [0.05, 0.1) is 5.02 Å². The quantitative estimate of drug-likeness (QED) is 0.849. The van der Waals surface area contributed by atoms with Crippen LogP contribution in [0.3, 0.4) is 0 Å². The largest absolute Gasteiger partial charge is 0.482 e. The van der Waals surface area contributed by atoms with E-state index in [-0.39, 0.29) is 12.5 Å². The van der Waals surface area contributed by atoms with Crippen LogP contribution in [-0.2, 0) is 4.79 Å². The third kappa shape index (κ3) is 4.13. The van der Waals surface area contributed by atoms with E-state index in [0.29, 0.717) is 22.1 Å². The van der Waals surface area contributed by atoms with Gasteiger partial charge in [-0.3, -0.25) is 4.79 Å². The summed E-state index contributed by atoms with van der Waals surface area (Å²) in [6.07, 6.45) is 0. The van der Waals surface area contributed by atoms with E-state index in [4.69, 9.17) is 22.1 Å². The van der Waals surface area contributed by atoms with Crippen molar-refractivity contribution in [3.8, 4) is 5.75 Å². The van der Waals surface area contributed by atoms with E-state index < -0.39 is 0 Å². The number of anilines is 2. The number of carbonyl (C=O) groups is 1. The molecular weight excluding hydrogens is 288 g/mol. The molecular formula is C16H17ClN2O2. The molecule has 0 aliphatic rings. The Kier molecular flexibility index (Phi) is 4.70. The molecule has 0 saturated heterocycles. The fourth-order valence-corrected chi connectivity index (χ4v) is 2.17. The number of nitrogens with one attached hydrogen (secondary N) is 1. The molecule has 5 heteroatoms. The van der Waals surface area contributed by atoms with Gasteiger partial charge in [-0.2, -0.15) is 0 Å². The van der Waals surface area contributed by atoms with Crippen molar-refractivity contribution in [1.82, 2.24) is 0 Å². The third-order valence-electron chi connectivity index (χ3n) is 2.97. The topological polar surface area (TPSA) is 64.3 Å². The summed E-state index contributed by atoms with van der Waals surface area (Å²) >= 11 is 6.05. The summed E-state index contributed by atoms with van der Waals surface area (Å²) in [4.78, 5) is 11.9. The van der Waals surface area contributed by atoms with Crippen LogP contribution in [0.15, 0.2) is 36.4 Å². The molecule has 0 spiro atoms. The Labute approximate surface area is 128 Å². The van der Waals surface area contributed by atoms with Gasteiger partial charge >= 0.3 is 0 Å². The van der Waals surface area contributed by atoms with Crippen LogP contribution in [0.1, 0.15) is 11.1 Å². The van der Waals surface area contributed by atoms with Crippen molar-refractivity contribution in [3.63, 3.8) is 0 Å². The molecule has 0 radical (unpaired) electrons. The number of carbonyl (C=O) groups excluding carboxylic acids is 1. The Morgan fingerprint density at radius 3 is 2.67 bits per heavy atom. The summed E-state index contributed by atoms with van der Waals surface area (Å²) in [5, 5.41) is 3.27. The number of nitrogens with two attached hydrogens (primary N) is 1. The first-order valence-corrected chi connectivity index (χ1v) is 6.88. The van der Waals surface area contributed by atoms with Gasteiger partial charge in [0, 0.05) is 11.4 Å². The molecule has 4 nitrogen and oxygen atoms in total. The Hall–Kier alpha value is -2.20. The highest BCUT2D eigenvalue weighted by atomic mass is 35.5. The van der Waals surface area contributed by atoms with Gasteiger partial charge in [-0.05, 0) is 55.3 Å². The molecule has 2 rings (SSSR count). The second-order valence-electron chi connectivity index (χ2n) is 4.85. The SMILES string of the molecule is Cc1ccc(OCC(=O)Nc2ccc(N)cc2C)c(Cl)c1. The van der Waals surface area contributed by atoms with Crippen LogP contribution < -0.4 is 15.8 Å². The molecule has 0 heterocycles. The first kappa shape index (κ1) is 15.2. The van der Waals surface area contributed by atoms with Crippen molar-refractivity contribution in [3.05, 3.63) is 52.5 Å². The molecule has 1 amide bonds. The molecule has 0 fully saturated rings. The monoisotopic (exact) mass is 304 g/mol. The zero-order valence-corrected chi connectivity index (χ0v) is 12.7. The van der Waals surface area contributed by atoms with E-state index in [0.717, 1.165) is 11.1 Å². The zero-order valence-electron chi connectivity index (χ0n) is 11.9. The Balaban J connectivity index is 1.96. The molecule has 110 valence electrons. The summed E-state index contributed by atoms with van der Waals surface area (Å²) in [5.41, 5.74) is 8.98. The summed E-state index contributed by atoms with van der Waals surface area (Å²) in [6.45, 7) is 3.71. The first-order valence-electron chi connectivity index (χ1n) is 6.50. The van der Waals surface area contributed by atoms with Crippen molar-refractivity contribution in [2.24, 2.45) is 0 Å². The number of ether oxygens (including phenoxy) is 1. The molecule has 21 heavy (non-hydrogen) atoms. The average molecular weight is 305 g/mol. The number of hydrogen-bond donors (Lipinski definition) is 2. The van der Waals surface area contributed by atoms with E-state index in [9.17, 15) is 4.79 Å². The van der Waals surface area contributed by atoms with Crippen molar-refractivity contribution in [2.75, 3.05) is 17.7 Å². The predicted octanol–water partition coefficient (Wildman–Crippen LogP) is 3.56. The lowest BCUT2D eigenvalue weighted by atomic mass is 10.2. The maximum atomic E-state index is 11.9. The summed E-state index contributed by atoms with van der Waals surface area (Å²) in [5.74, 6) is 0.242. The lowest BCUT2D eigenvalue weighted by molar-refractivity contribution is -0.118. The highest BCUT2D eigenvalue weighted by Gasteiger charge is 2.08. The van der Waals surface area contributed by atoms with Gasteiger partial charge in [0.25, 0.3) is 5.91 Å². The van der Waals surface area contributed by atoms with Crippen LogP contribution in [0, 0.1) is 13.8 Å². The van der Waals surface area contributed by atoms with Crippen molar-refractivity contribution in [1.29, 1.82) is 0 Å². The number of nitrogen functional groups attached to an aromatic ring is 1. The Bertz CT molecular complexity index is 671. The van der Waals surface area contributed by atoms with Crippen molar-refractivity contribution in [2.45, 2.75) is 13.8 Å². The lowest BCUT2D eigenvalue weighted by Crippen LogP contribution is -2.20. The fraction of sp³-hybridized carbons (Fsp3) is 0.188. The second kappa shape index (κ2) is 6.50. The molecule has 3 N–H and O–H groups in total. The third-order valence-corrected chi connectivity index (χ3v) is 3.27. The van der Waals surface area contributed by atoms with Gasteiger partial charge in [0.2, 0.25) is 0 Å². The number of hydrogen-bond acceptors (Lipinski definition) is 3. The van der Waals surface area contributed by atoms with Gasteiger partial charge in [-0.15, -0.1) is 0 Å². The molecule has 0 bridgehead atoms. The summed E-state index contributed by atoms with van der Waals surface area (Å²) in [7, 11) is 0. The van der Waals surface area contributed by atoms with Gasteiger partial charge in [0.15, 0.2) is 6.61 Å². The van der Waals surface area contributed by atoms with Crippen LogP contribution in [0.4, 0.5) is 11.4 Å². The smallest absolute Gasteiger partial charge is 0.262 e. The molecule has 0 atom stereocenters. The molecule has 0 aromatic heterocycles. The minimum atomic E-state index is -0.250. The maximum absolute atomic E-state index is 11.9. The molecule has 0 aliphatic heterocycles. The van der Waals surface area contributed by atoms with Crippen LogP contribution in [0.25, 0.3) is 0 Å². The minimum absolute atomic E-state index is 0.105. The Morgan fingerprint density at radius 2 is 2.00 bits per heavy atom. The zero-order chi connectivity index (χ0) is 15.4. The van der Waals surface area contributed by atoms with Gasteiger partial charge < -0.3 is 15.8 Å². The molecule has 2 aromatic rings. The van der Waals surface area contributed by atoms with Crippen LogP contribution in [0.5, 0.6) is 5.75 Å². The minimum Gasteiger partial charge on any atom is -0.482 e. The normalized spacial score (nSPS) is 10.2. The lowest BCUT2D eigenvalue weighted by Gasteiger charge is -2.11. The number of aryl methyl sites for hydroxylation is 2. The summed E-state index contributed by atoms with van der Waals surface area (Å²) < 4.78 is 5.42. The molecule has 0 saturated carbocycles.